The molecule has 3 aromatic carbocycles. The Hall–Kier alpha value is -5.00. The third kappa shape index (κ3) is 10.0. The van der Waals surface area contributed by atoms with Gasteiger partial charge in [0.15, 0.2) is 6.61 Å². The molecule has 1 saturated carbocycles. The molecule has 0 aliphatic heterocycles. The van der Waals surface area contributed by atoms with Gasteiger partial charge in [-0.25, -0.2) is 13.6 Å². The van der Waals surface area contributed by atoms with E-state index >= 15 is 0 Å². The summed E-state index contributed by atoms with van der Waals surface area (Å²) in [5.74, 6) is -2.89. The Labute approximate surface area is 266 Å². The number of amides is 4. The first-order chi connectivity index (χ1) is 22.1. The molecular formula is C34H38F2N4O6. The first kappa shape index (κ1) is 33.9. The van der Waals surface area contributed by atoms with Gasteiger partial charge < -0.3 is 30.3 Å². The summed E-state index contributed by atoms with van der Waals surface area (Å²) >= 11 is 0. The molecule has 0 unspecified atom stereocenters. The Bertz CT molecular complexity index is 1530. The molecular weight excluding hydrogens is 598 g/mol. The van der Waals surface area contributed by atoms with Gasteiger partial charge in [0.1, 0.15) is 17.4 Å². The van der Waals surface area contributed by atoms with Gasteiger partial charge in [0.2, 0.25) is 5.91 Å². The minimum atomic E-state index is -0.997. The van der Waals surface area contributed by atoms with Crippen LogP contribution in [-0.2, 0) is 20.8 Å². The number of carboxylic acid groups (broad SMARTS) is 1. The minimum absolute atomic E-state index is 0.0293. The molecule has 0 radical (unpaired) electrons. The molecule has 46 heavy (non-hydrogen) atoms. The zero-order valence-corrected chi connectivity index (χ0v) is 25.6. The molecule has 1 aliphatic rings. The quantitative estimate of drug-likeness (QED) is 0.219. The minimum Gasteiger partial charge on any atom is -0.482 e. The number of hydrogen-bond acceptors (Lipinski definition) is 5. The maximum absolute atomic E-state index is 13.7. The number of hydrogen-bond donors (Lipinski definition) is 3. The standard InChI is InChI=1S/C34H38F2N4O6/c1-39(28-19-25(35)18-26(36)20-28)32(42)22-46-30-13-6-5-12-29(30)40(15-14-23-8-3-2-4-9-23)31(41)21-37-34(45)38-27-11-7-10-24(16-27)17-33(43)44/h5-7,10-13,16,18-20,23H,2-4,8-9,14-15,17,21-22H2,1H3,(H,43,44)(H2,37,38,45). The van der Waals surface area contributed by atoms with Crippen molar-refractivity contribution in [3.05, 3.63) is 83.9 Å². The number of benzene rings is 3. The summed E-state index contributed by atoms with van der Waals surface area (Å²) in [7, 11) is 1.38. The second-order valence-corrected chi connectivity index (χ2v) is 11.3. The predicted octanol–water partition coefficient (Wildman–Crippen LogP) is 5.76. The van der Waals surface area contributed by atoms with Crippen molar-refractivity contribution >= 4 is 40.9 Å². The number of likely N-dealkylation sites (N-methyl/N-ethyl adjacent to an activating group) is 1. The average Bonchev–Trinajstić information content (AvgIpc) is 3.02. The van der Waals surface area contributed by atoms with E-state index in [1.54, 1.807) is 48.5 Å². The van der Waals surface area contributed by atoms with Gasteiger partial charge in [-0.15, -0.1) is 0 Å². The second kappa shape index (κ2) is 16.4. The summed E-state index contributed by atoms with van der Waals surface area (Å²) in [6.45, 7) is -0.439. The van der Waals surface area contributed by atoms with Gasteiger partial charge in [0.25, 0.3) is 5.91 Å². The van der Waals surface area contributed by atoms with Gasteiger partial charge in [0, 0.05) is 31.0 Å². The highest BCUT2D eigenvalue weighted by molar-refractivity contribution is 5.99. The Kier molecular flexibility index (Phi) is 12.0. The van der Waals surface area contributed by atoms with E-state index in [1.165, 1.54) is 18.4 Å². The van der Waals surface area contributed by atoms with Crippen molar-refractivity contribution in [2.75, 3.05) is 41.9 Å². The van der Waals surface area contributed by atoms with Crippen LogP contribution in [0.3, 0.4) is 0 Å². The van der Waals surface area contributed by atoms with Crippen LogP contribution >= 0.6 is 0 Å². The molecule has 3 aromatic rings. The van der Waals surface area contributed by atoms with Crippen LogP contribution in [0.5, 0.6) is 5.75 Å². The number of carbonyl (C=O) groups excluding carboxylic acids is 3. The van der Waals surface area contributed by atoms with Crippen molar-refractivity contribution in [3.8, 4) is 5.75 Å². The van der Waals surface area contributed by atoms with E-state index in [9.17, 15) is 28.0 Å². The van der Waals surface area contributed by atoms with Crippen LogP contribution < -0.4 is 25.2 Å². The fraction of sp³-hybridized carbons (Fsp3) is 0.353. The second-order valence-electron chi connectivity index (χ2n) is 11.3. The maximum Gasteiger partial charge on any atom is 0.319 e. The van der Waals surface area contributed by atoms with Crippen LogP contribution in [-0.4, -0.2) is 55.7 Å². The van der Waals surface area contributed by atoms with Crippen LogP contribution in [0.4, 0.5) is 30.6 Å². The third-order valence-electron chi connectivity index (χ3n) is 7.84. The Morgan fingerprint density at radius 3 is 2.35 bits per heavy atom. The lowest BCUT2D eigenvalue weighted by Gasteiger charge is -2.29. The zero-order valence-electron chi connectivity index (χ0n) is 25.6. The molecule has 10 nitrogen and oxygen atoms in total. The molecule has 12 heteroatoms. The number of rotatable bonds is 13. The van der Waals surface area contributed by atoms with E-state index in [2.05, 4.69) is 10.6 Å². The number of aliphatic carboxylic acids is 1. The number of urea groups is 1. The van der Waals surface area contributed by atoms with Crippen molar-refractivity contribution in [2.45, 2.75) is 44.9 Å². The van der Waals surface area contributed by atoms with Crippen molar-refractivity contribution in [1.82, 2.24) is 5.32 Å². The van der Waals surface area contributed by atoms with Gasteiger partial charge in [-0.1, -0.05) is 56.4 Å². The van der Waals surface area contributed by atoms with Crippen LogP contribution in [0.15, 0.2) is 66.7 Å². The first-order valence-electron chi connectivity index (χ1n) is 15.2. The topological polar surface area (TPSA) is 128 Å². The number of carboxylic acids is 1. The van der Waals surface area contributed by atoms with Crippen molar-refractivity contribution in [3.63, 3.8) is 0 Å². The molecule has 4 rings (SSSR count). The van der Waals surface area contributed by atoms with E-state index < -0.39 is 42.1 Å². The third-order valence-corrected chi connectivity index (χ3v) is 7.84. The molecule has 0 spiro atoms. The number of nitrogens with zero attached hydrogens (tertiary/aromatic N) is 2. The molecule has 0 bridgehead atoms. The van der Waals surface area contributed by atoms with Crippen molar-refractivity contribution in [1.29, 1.82) is 0 Å². The number of anilines is 3. The summed E-state index contributed by atoms with van der Waals surface area (Å²) in [6, 6.07) is 15.3. The van der Waals surface area contributed by atoms with Crippen LogP contribution in [0.2, 0.25) is 0 Å². The van der Waals surface area contributed by atoms with Crippen molar-refractivity contribution < 1.29 is 37.8 Å². The molecule has 0 aromatic heterocycles. The monoisotopic (exact) mass is 636 g/mol. The number of para-hydroxylation sites is 2. The van der Waals surface area contributed by atoms with E-state index in [0.717, 1.165) is 49.1 Å². The zero-order chi connectivity index (χ0) is 33.1. The lowest BCUT2D eigenvalue weighted by Crippen LogP contribution is -2.42. The Morgan fingerprint density at radius 2 is 1.63 bits per heavy atom. The Balaban J connectivity index is 1.45. The number of halogens is 2. The highest BCUT2D eigenvalue weighted by Gasteiger charge is 2.24. The smallest absolute Gasteiger partial charge is 0.319 e. The SMILES string of the molecule is CN(C(=O)COc1ccccc1N(CCC1CCCCC1)C(=O)CNC(=O)Nc1cccc(CC(=O)O)c1)c1cc(F)cc(F)c1. The first-order valence-corrected chi connectivity index (χ1v) is 15.2. The van der Waals surface area contributed by atoms with Crippen LogP contribution in [0.1, 0.15) is 44.1 Å². The van der Waals surface area contributed by atoms with E-state index in [-0.39, 0.29) is 24.4 Å². The van der Waals surface area contributed by atoms with E-state index in [4.69, 9.17) is 9.84 Å². The largest absolute Gasteiger partial charge is 0.482 e. The van der Waals surface area contributed by atoms with Gasteiger partial charge in [0.05, 0.1) is 18.7 Å². The summed E-state index contributed by atoms with van der Waals surface area (Å²) in [5, 5.41) is 14.2. The Morgan fingerprint density at radius 1 is 0.913 bits per heavy atom. The van der Waals surface area contributed by atoms with E-state index in [0.29, 0.717) is 35.5 Å². The van der Waals surface area contributed by atoms with Crippen LogP contribution in [0.25, 0.3) is 0 Å². The number of carbonyl (C=O) groups is 4. The van der Waals surface area contributed by atoms with E-state index in [1.807, 2.05) is 0 Å². The summed E-state index contributed by atoms with van der Waals surface area (Å²) < 4.78 is 33.3. The highest BCUT2D eigenvalue weighted by Crippen LogP contribution is 2.31. The number of nitrogens with one attached hydrogen (secondary N) is 2. The normalized spacial score (nSPS) is 13.0. The molecule has 0 saturated heterocycles. The highest BCUT2D eigenvalue weighted by atomic mass is 19.1. The molecule has 0 heterocycles. The molecule has 244 valence electrons. The fourth-order valence-electron chi connectivity index (χ4n) is 5.44. The summed E-state index contributed by atoms with van der Waals surface area (Å²) in [4.78, 5) is 52.8. The lowest BCUT2D eigenvalue weighted by atomic mass is 9.87. The molecule has 1 fully saturated rings. The van der Waals surface area contributed by atoms with Gasteiger partial charge in [-0.3, -0.25) is 14.4 Å². The molecule has 3 N–H and O–H groups in total. The lowest BCUT2D eigenvalue weighted by molar-refractivity contribution is -0.136. The van der Waals surface area contributed by atoms with Crippen molar-refractivity contribution in [2.24, 2.45) is 5.92 Å². The molecule has 4 amide bonds. The molecule has 0 atom stereocenters. The van der Waals surface area contributed by atoms with Crippen LogP contribution in [0, 0.1) is 17.6 Å². The fourth-order valence-corrected chi connectivity index (χ4v) is 5.44. The predicted molar refractivity (Wildman–Crippen MR) is 170 cm³/mol. The maximum atomic E-state index is 13.7. The number of ether oxygens (including phenoxy) is 1. The summed E-state index contributed by atoms with van der Waals surface area (Å²) in [6.07, 6.45) is 6.16. The summed E-state index contributed by atoms with van der Waals surface area (Å²) in [5.41, 5.74) is 1.34. The molecule has 1 aliphatic carbocycles. The van der Waals surface area contributed by atoms with Gasteiger partial charge in [-0.05, 0) is 54.3 Å². The van der Waals surface area contributed by atoms with Gasteiger partial charge in [-0.2, -0.15) is 0 Å². The average molecular weight is 637 g/mol. The van der Waals surface area contributed by atoms with Gasteiger partial charge >= 0.3 is 12.0 Å².